The minimum absolute atomic E-state index is 0.00642. The van der Waals surface area contributed by atoms with Crippen molar-refractivity contribution < 1.29 is 12.8 Å². The quantitative estimate of drug-likeness (QED) is 0.882. The third-order valence-electron chi connectivity index (χ3n) is 2.88. The second-order valence-corrected chi connectivity index (χ2v) is 5.97. The van der Waals surface area contributed by atoms with E-state index in [4.69, 9.17) is 5.73 Å². The lowest BCUT2D eigenvalue weighted by molar-refractivity contribution is 0.571. The van der Waals surface area contributed by atoms with E-state index in [1.165, 1.54) is 18.2 Å². The van der Waals surface area contributed by atoms with Crippen molar-refractivity contribution in [2.24, 2.45) is 5.73 Å². The number of halogens is 1. The maximum absolute atomic E-state index is 13.6. The van der Waals surface area contributed by atoms with E-state index in [2.05, 4.69) is 4.72 Å². The van der Waals surface area contributed by atoms with Crippen LogP contribution in [0.25, 0.3) is 0 Å². The molecule has 0 atom stereocenters. The first kappa shape index (κ1) is 14.6. The van der Waals surface area contributed by atoms with E-state index in [0.29, 0.717) is 0 Å². The summed E-state index contributed by atoms with van der Waals surface area (Å²) in [5.74, 6) is -0.616. The largest absolute Gasteiger partial charge is 0.326 e. The van der Waals surface area contributed by atoms with Crippen LogP contribution in [-0.4, -0.2) is 8.42 Å². The summed E-state index contributed by atoms with van der Waals surface area (Å²) < 4.78 is 40.4. The predicted molar refractivity (Wildman–Crippen MR) is 74.8 cm³/mol. The molecule has 0 saturated heterocycles. The van der Waals surface area contributed by atoms with E-state index in [1.807, 2.05) is 18.2 Å². The smallest absolute Gasteiger partial charge is 0.241 e. The van der Waals surface area contributed by atoms with Crippen molar-refractivity contribution in [3.63, 3.8) is 0 Å². The van der Waals surface area contributed by atoms with Gasteiger partial charge in [-0.25, -0.2) is 17.5 Å². The summed E-state index contributed by atoms with van der Waals surface area (Å²) in [5.41, 5.74) is 6.24. The van der Waals surface area contributed by atoms with Crippen molar-refractivity contribution in [2.75, 3.05) is 0 Å². The van der Waals surface area contributed by atoms with E-state index < -0.39 is 15.8 Å². The zero-order valence-electron chi connectivity index (χ0n) is 10.7. The summed E-state index contributed by atoms with van der Waals surface area (Å²) in [7, 11) is -3.79. The number of benzene rings is 2. The van der Waals surface area contributed by atoms with Gasteiger partial charge in [-0.15, -0.1) is 0 Å². The Morgan fingerprint density at radius 3 is 2.40 bits per heavy atom. The molecule has 0 radical (unpaired) electrons. The van der Waals surface area contributed by atoms with E-state index >= 15 is 0 Å². The molecule has 0 amide bonds. The Labute approximate surface area is 117 Å². The molecule has 0 unspecified atom stereocenters. The molecule has 0 saturated carbocycles. The zero-order chi connectivity index (χ0) is 14.6. The van der Waals surface area contributed by atoms with Crippen LogP contribution < -0.4 is 10.5 Å². The van der Waals surface area contributed by atoms with Gasteiger partial charge in [0.1, 0.15) is 5.82 Å². The maximum atomic E-state index is 13.6. The van der Waals surface area contributed by atoms with E-state index in [1.54, 1.807) is 12.1 Å². The standard InChI is InChI=1S/C14H15FN2O2S/c15-13-7-4-8-14(12(13)9-16)20(18,19)17-10-11-5-2-1-3-6-11/h1-8,17H,9-10,16H2. The zero-order valence-corrected chi connectivity index (χ0v) is 11.5. The molecule has 3 N–H and O–H groups in total. The second-order valence-electron chi connectivity index (χ2n) is 4.23. The summed E-state index contributed by atoms with van der Waals surface area (Å²) in [6.45, 7) is -0.0298. The Kier molecular flexibility index (Phi) is 4.49. The number of nitrogens with one attached hydrogen (secondary N) is 1. The molecular formula is C14H15FN2O2S. The molecule has 0 fully saturated rings. The van der Waals surface area contributed by atoms with Crippen molar-refractivity contribution in [1.29, 1.82) is 0 Å². The third kappa shape index (κ3) is 3.22. The number of nitrogens with two attached hydrogens (primary N) is 1. The first-order valence-electron chi connectivity index (χ1n) is 6.05. The summed E-state index contributed by atoms with van der Waals surface area (Å²) in [6, 6.07) is 13.0. The van der Waals surface area contributed by atoms with E-state index in [0.717, 1.165) is 5.56 Å². The number of hydrogen-bond donors (Lipinski definition) is 2. The van der Waals surface area contributed by atoms with Gasteiger partial charge in [0.25, 0.3) is 0 Å². The van der Waals surface area contributed by atoms with Gasteiger partial charge in [0, 0.05) is 18.7 Å². The monoisotopic (exact) mass is 294 g/mol. The third-order valence-corrected chi connectivity index (χ3v) is 4.36. The van der Waals surface area contributed by atoms with Crippen LogP contribution in [0.15, 0.2) is 53.4 Å². The molecule has 0 heterocycles. The average molecular weight is 294 g/mol. The number of hydrogen-bond acceptors (Lipinski definition) is 3. The molecule has 0 aromatic heterocycles. The molecule has 106 valence electrons. The summed E-state index contributed by atoms with van der Waals surface area (Å²) in [4.78, 5) is -0.115. The average Bonchev–Trinajstić information content (AvgIpc) is 2.46. The topological polar surface area (TPSA) is 72.2 Å². The Morgan fingerprint density at radius 2 is 1.75 bits per heavy atom. The summed E-state index contributed by atoms with van der Waals surface area (Å²) in [5, 5.41) is 0. The molecule has 0 bridgehead atoms. The van der Waals surface area contributed by atoms with Crippen LogP contribution in [-0.2, 0) is 23.1 Å². The lowest BCUT2D eigenvalue weighted by Gasteiger charge is -2.11. The van der Waals surface area contributed by atoms with Crippen LogP contribution in [0.2, 0.25) is 0 Å². The Morgan fingerprint density at radius 1 is 1.05 bits per heavy atom. The minimum Gasteiger partial charge on any atom is -0.326 e. The highest BCUT2D eigenvalue weighted by Gasteiger charge is 2.19. The van der Waals surface area contributed by atoms with Crippen LogP contribution in [0.3, 0.4) is 0 Å². The minimum atomic E-state index is -3.79. The number of sulfonamides is 1. The lowest BCUT2D eigenvalue weighted by Crippen LogP contribution is -2.25. The fourth-order valence-electron chi connectivity index (χ4n) is 1.84. The SMILES string of the molecule is NCc1c(F)cccc1S(=O)(=O)NCc1ccccc1. The van der Waals surface area contributed by atoms with Gasteiger partial charge >= 0.3 is 0 Å². The van der Waals surface area contributed by atoms with Crippen molar-refractivity contribution in [1.82, 2.24) is 4.72 Å². The number of rotatable bonds is 5. The Bertz CT molecular complexity index is 688. The lowest BCUT2D eigenvalue weighted by atomic mass is 10.2. The maximum Gasteiger partial charge on any atom is 0.241 e. The molecule has 0 aliphatic carbocycles. The van der Waals surface area contributed by atoms with Gasteiger partial charge < -0.3 is 5.73 Å². The van der Waals surface area contributed by atoms with Crippen molar-refractivity contribution in [3.05, 3.63) is 65.5 Å². The molecule has 0 aliphatic rings. The summed E-state index contributed by atoms with van der Waals surface area (Å²) >= 11 is 0. The summed E-state index contributed by atoms with van der Waals surface area (Å²) in [6.07, 6.45) is 0. The van der Waals surface area contributed by atoms with Gasteiger partial charge in [-0.3, -0.25) is 0 Å². The van der Waals surface area contributed by atoms with Crippen molar-refractivity contribution in [3.8, 4) is 0 Å². The normalized spacial score (nSPS) is 11.5. The molecule has 2 aromatic carbocycles. The molecule has 4 nitrogen and oxygen atoms in total. The Balaban J connectivity index is 2.25. The van der Waals surface area contributed by atoms with Crippen LogP contribution in [0, 0.1) is 5.82 Å². The predicted octanol–water partition coefficient (Wildman–Crippen LogP) is 1.76. The van der Waals surface area contributed by atoms with Crippen molar-refractivity contribution >= 4 is 10.0 Å². The first-order chi connectivity index (χ1) is 9.54. The fourth-order valence-corrected chi connectivity index (χ4v) is 3.12. The first-order valence-corrected chi connectivity index (χ1v) is 7.54. The molecule has 0 spiro atoms. The van der Waals surface area contributed by atoms with Gasteiger partial charge in [0.05, 0.1) is 4.90 Å². The van der Waals surface area contributed by atoms with E-state index in [9.17, 15) is 12.8 Å². The Hall–Kier alpha value is -1.76. The molecule has 6 heteroatoms. The molecule has 2 aromatic rings. The highest BCUT2D eigenvalue weighted by Crippen LogP contribution is 2.18. The van der Waals surface area contributed by atoms with Crippen LogP contribution >= 0.6 is 0 Å². The van der Waals surface area contributed by atoms with Gasteiger partial charge in [-0.05, 0) is 17.7 Å². The fraction of sp³-hybridized carbons (Fsp3) is 0.143. The van der Waals surface area contributed by atoms with Gasteiger partial charge in [0.2, 0.25) is 10.0 Å². The van der Waals surface area contributed by atoms with E-state index in [-0.39, 0.29) is 23.5 Å². The molecule has 20 heavy (non-hydrogen) atoms. The van der Waals surface area contributed by atoms with Crippen molar-refractivity contribution in [2.45, 2.75) is 18.0 Å². The second kappa shape index (κ2) is 6.13. The highest BCUT2D eigenvalue weighted by molar-refractivity contribution is 7.89. The highest BCUT2D eigenvalue weighted by atomic mass is 32.2. The van der Waals surface area contributed by atoms with Gasteiger partial charge in [-0.1, -0.05) is 36.4 Å². The van der Waals surface area contributed by atoms with Crippen LogP contribution in [0.4, 0.5) is 4.39 Å². The van der Waals surface area contributed by atoms with Gasteiger partial charge in [0.15, 0.2) is 0 Å². The van der Waals surface area contributed by atoms with Crippen LogP contribution in [0.1, 0.15) is 11.1 Å². The van der Waals surface area contributed by atoms with Crippen LogP contribution in [0.5, 0.6) is 0 Å². The molecule has 2 rings (SSSR count). The molecule has 0 aliphatic heterocycles. The molecular weight excluding hydrogens is 279 g/mol. The van der Waals surface area contributed by atoms with Gasteiger partial charge in [-0.2, -0.15) is 0 Å².